The molecule has 0 radical (unpaired) electrons. The summed E-state index contributed by atoms with van der Waals surface area (Å²) in [5.74, 6) is 0.121. The van der Waals surface area contributed by atoms with E-state index < -0.39 is 0 Å². The van der Waals surface area contributed by atoms with Crippen LogP contribution in [0.3, 0.4) is 0 Å². The summed E-state index contributed by atoms with van der Waals surface area (Å²) in [6.07, 6.45) is 2.79. The van der Waals surface area contributed by atoms with Gasteiger partial charge in [-0.2, -0.15) is 0 Å². The summed E-state index contributed by atoms with van der Waals surface area (Å²) in [7, 11) is 0. The average molecular weight is 291 g/mol. The predicted molar refractivity (Wildman–Crippen MR) is 84.7 cm³/mol. The first-order chi connectivity index (χ1) is 10.0. The molecule has 2 rings (SSSR count). The molecule has 1 heterocycles. The van der Waals surface area contributed by atoms with Gasteiger partial charge in [0.1, 0.15) is 0 Å². The first kappa shape index (κ1) is 16.0. The normalized spacial score (nSPS) is 21.5. The van der Waals surface area contributed by atoms with Crippen molar-refractivity contribution in [3.05, 3.63) is 28.8 Å². The lowest BCUT2D eigenvalue weighted by atomic mass is 10.0. The summed E-state index contributed by atoms with van der Waals surface area (Å²) in [5, 5.41) is 12.1. The lowest BCUT2D eigenvalue weighted by Gasteiger charge is -2.21. The van der Waals surface area contributed by atoms with Crippen LogP contribution in [-0.2, 0) is 4.79 Å². The second kappa shape index (κ2) is 7.05. The fourth-order valence-electron chi connectivity index (χ4n) is 3.42. The van der Waals surface area contributed by atoms with Gasteiger partial charge in [-0.15, -0.1) is 0 Å². The Kier molecular flexibility index (Phi) is 5.37. The van der Waals surface area contributed by atoms with Crippen molar-refractivity contribution in [3.8, 4) is 0 Å². The Balaban J connectivity index is 2.07. The molecule has 1 aromatic carbocycles. The smallest absolute Gasteiger partial charge is 0.282 e. The molecular formula is C17H27N2O2+. The summed E-state index contributed by atoms with van der Waals surface area (Å²) in [5.41, 5.74) is 4.42. The summed E-state index contributed by atoms with van der Waals surface area (Å²) >= 11 is 0. The second-order valence-corrected chi connectivity index (χ2v) is 6.19. The molecule has 2 atom stereocenters. The number of aliphatic hydroxyl groups excluding tert-OH is 1. The van der Waals surface area contributed by atoms with E-state index in [0.29, 0.717) is 0 Å². The van der Waals surface area contributed by atoms with Crippen LogP contribution in [-0.4, -0.2) is 36.8 Å². The van der Waals surface area contributed by atoms with Gasteiger partial charge in [-0.05, 0) is 31.9 Å². The molecule has 0 saturated carbocycles. The van der Waals surface area contributed by atoms with E-state index in [1.165, 1.54) is 10.5 Å². The van der Waals surface area contributed by atoms with Gasteiger partial charge in [0.15, 0.2) is 6.04 Å². The lowest BCUT2D eigenvalue weighted by Crippen LogP contribution is -3.14. The molecule has 1 aromatic rings. The van der Waals surface area contributed by atoms with E-state index in [2.05, 4.69) is 24.4 Å². The third kappa shape index (κ3) is 3.83. The highest BCUT2D eigenvalue weighted by Crippen LogP contribution is 2.22. The number of aryl methyl sites for hydroxylation is 3. The minimum absolute atomic E-state index is 0.0247. The molecule has 4 heteroatoms. The molecule has 1 saturated heterocycles. The SMILES string of the molecule is Cc1cc(C)c(NC(=O)[C@@H]2CCC[NH+]2CCCO)c(C)c1. The van der Waals surface area contributed by atoms with Crippen LogP contribution in [0, 0.1) is 20.8 Å². The molecule has 1 unspecified atom stereocenters. The second-order valence-electron chi connectivity index (χ2n) is 6.19. The van der Waals surface area contributed by atoms with E-state index in [1.54, 1.807) is 0 Å². The van der Waals surface area contributed by atoms with E-state index >= 15 is 0 Å². The van der Waals surface area contributed by atoms with Crippen molar-refractivity contribution in [3.63, 3.8) is 0 Å². The largest absolute Gasteiger partial charge is 0.396 e. The Morgan fingerprint density at radius 1 is 1.33 bits per heavy atom. The molecule has 4 nitrogen and oxygen atoms in total. The van der Waals surface area contributed by atoms with Crippen molar-refractivity contribution in [2.24, 2.45) is 0 Å². The Hall–Kier alpha value is -1.39. The van der Waals surface area contributed by atoms with Crippen LogP contribution in [0.2, 0.25) is 0 Å². The molecule has 0 spiro atoms. The van der Waals surface area contributed by atoms with Gasteiger partial charge in [0.05, 0.1) is 13.1 Å². The number of nitrogens with one attached hydrogen (secondary N) is 2. The number of benzene rings is 1. The van der Waals surface area contributed by atoms with E-state index in [9.17, 15) is 4.79 Å². The molecule has 1 amide bonds. The van der Waals surface area contributed by atoms with Crippen molar-refractivity contribution < 1.29 is 14.8 Å². The fraction of sp³-hybridized carbons (Fsp3) is 0.588. The lowest BCUT2D eigenvalue weighted by molar-refractivity contribution is -0.903. The zero-order chi connectivity index (χ0) is 15.4. The van der Waals surface area contributed by atoms with E-state index in [-0.39, 0.29) is 18.6 Å². The molecule has 1 aliphatic rings. The number of quaternary nitrogens is 1. The van der Waals surface area contributed by atoms with Crippen LogP contribution >= 0.6 is 0 Å². The number of hydrogen-bond acceptors (Lipinski definition) is 2. The molecule has 1 fully saturated rings. The molecule has 116 valence electrons. The number of hydrogen-bond donors (Lipinski definition) is 3. The van der Waals surface area contributed by atoms with Crippen LogP contribution < -0.4 is 10.2 Å². The maximum Gasteiger partial charge on any atom is 0.282 e. The number of likely N-dealkylation sites (tertiary alicyclic amines) is 1. The fourth-order valence-corrected chi connectivity index (χ4v) is 3.42. The average Bonchev–Trinajstić information content (AvgIpc) is 2.88. The minimum atomic E-state index is 0.0247. The van der Waals surface area contributed by atoms with Crippen molar-refractivity contribution in [2.75, 3.05) is 25.0 Å². The Bertz CT molecular complexity index is 491. The van der Waals surface area contributed by atoms with Crippen LogP contribution in [0.25, 0.3) is 0 Å². The summed E-state index contributed by atoms with van der Waals surface area (Å²) < 4.78 is 0. The first-order valence-corrected chi connectivity index (χ1v) is 7.87. The molecule has 3 N–H and O–H groups in total. The highest BCUT2D eigenvalue weighted by molar-refractivity contribution is 5.95. The summed E-state index contributed by atoms with van der Waals surface area (Å²) in [6.45, 7) is 8.27. The first-order valence-electron chi connectivity index (χ1n) is 7.87. The van der Waals surface area contributed by atoms with Crippen LogP contribution in [0.1, 0.15) is 36.0 Å². The Morgan fingerprint density at radius 2 is 2.00 bits per heavy atom. The maximum atomic E-state index is 12.6. The molecule has 0 aromatic heterocycles. The monoisotopic (exact) mass is 291 g/mol. The molecule has 1 aliphatic heterocycles. The number of carbonyl (C=O) groups excluding carboxylic acids is 1. The zero-order valence-corrected chi connectivity index (χ0v) is 13.3. The Morgan fingerprint density at radius 3 is 2.62 bits per heavy atom. The number of anilines is 1. The van der Waals surface area contributed by atoms with Gasteiger partial charge in [-0.25, -0.2) is 0 Å². The number of rotatable bonds is 5. The molecule has 0 bridgehead atoms. The quantitative estimate of drug-likeness (QED) is 0.757. The number of amides is 1. The van der Waals surface area contributed by atoms with Gasteiger partial charge in [-0.1, -0.05) is 17.7 Å². The molecule has 21 heavy (non-hydrogen) atoms. The topological polar surface area (TPSA) is 53.8 Å². The highest BCUT2D eigenvalue weighted by atomic mass is 16.3. The standard InChI is InChI=1S/C17H26N2O2/c1-12-10-13(2)16(14(3)11-12)18-17(21)15-6-4-7-19(15)8-5-9-20/h10-11,15,20H,4-9H2,1-3H3,(H,18,21)/p+1/t15-/m0/s1. The van der Waals surface area contributed by atoms with Crippen LogP contribution in [0.15, 0.2) is 12.1 Å². The van der Waals surface area contributed by atoms with Gasteiger partial charge in [0, 0.05) is 31.6 Å². The minimum Gasteiger partial charge on any atom is -0.396 e. The van der Waals surface area contributed by atoms with Gasteiger partial charge in [0.25, 0.3) is 5.91 Å². The third-order valence-electron chi connectivity index (χ3n) is 4.38. The zero-order valence-electron chi connectivity index (χ0n) is 13.3. The van der Waals surface area contributed by atoms with Gasteiger partial charge < -0.3 is 15.3 Å². The third-order valence-corrected chi connectivity index (χ3v) is 4.38. The molecule has 0 aliphatic carbocycles. The van der Waals surface area contributed by atoms with Gasteiger partial charge >= 0.3 is 0 Å². The number of aliphatic hydroxyl groups is 1. The predicted octanol–water partition coefficient (Wildman–Crippen LogP) is 0.980. The van der Waals surface area contributed by atoms with Crippen LogP contribution in [0.5, 0.6) is 0 Å². The van der Waals surface area contributed by atoms with Crippen molar-refractivity contribution in [1.29, 1.82) is 0 Å². The summed E-state index contributed by atoms with van der Waals surface area (Å²) in [6, 6.07) is 4.23. The van der Waals surface area contributed by atoms with Crippen molar-refractivity contribution in [1.82, 2.24) is 0 Å². The van der Waals surface area contributed by atoms with Crippen LogP contribution in [0.4, 0.5) is 5.69 Å². The number of carbonyl (C=O) groups is 1. The van der Waals surface area contributed by atoms with E-state index in [4.69, 9.17) is 5.11 Å². The maximum absolute atomic E-state index is 12.6. The van der Waals surface area contributed by atoms with Crippen molar-refractivity contribution >= 4 is 11.6 Å². The Labute approximate surface area is 127 Å². The van der Waals surface area contributed by atoms with Gasteiger partial charge in [-0.3, -0.25) is 4.79 Å². The van der Waals surface area contributed by atoms with E-state index in [1.807, 2.05) is 13.8 Å². The highest BCUT2D eigenvalue weighted by Gasteiger charge is 2.34. The molecular weight excluding hydrogens is 264 g/mol. The van der Waals surface area contributed by atoms with Gasteiger partial charge in [0.2, 0.25) is 0 Å². The van der Waals surface area contributed by atoms with Crippen molar-refractivity contribution in [2.45, 2.75) is 46.1 Å². The summed E-state index contributed by atoms with van der Waals surface area (Å²) in [4.78, 5) is 13.9. The van der Waals surface area contributed by atoms with E-state index in [0.717, 1.165) is 49.2 Å².